The lowest BCUT2D eigenvalue weighted by Gasteiger charge is -2.26. The van der Waals surface area contributed by atoms with Crippen molar-refractivity contribution in [3.05, 3.63) is 170 Å². The Morgan fingerprint density at radius 2 is 0.841 bits per heavy atom. The smallest absolute Gasteiger partial charge is 0.0462 e. The van der Waals surface area contributed by atoms with Gasteiger partial charge in [-0.05, 0) is 81.9 Å². The van der Waals surface area contributed by atoms with Crippen LogP contribution in [0.2, 0.25) is 0 Å². The van der Waals surface area contributed by atoms with Crippen molar-refractivity contribution in [3.8, 4) is 33.4 Å². The summed E-state index contributed by atoms with van der Waals surface area (Å²) in [4.78, 5) is 6.66. The Labute approximate surface area is 261 Å². The van der Waals surface area contributed by atoms with Crippen LogP contribution in [0.5, 0.6) is 0 Å². The first-order chi connectivity index (χ1) is 21.8. The normalized spacial score (nSPS) is 11.2. The third-order valence-electron chi connectivity index (χ3n) is 8.20. The molecule has 0 unspecified atom stereocenters. The largest absolute Gasteiger partial charge is 0.311 e. The lowest BCUT2D eigenvalue weighted by molar-refractivity contribution is 1.28. The average molecular weight is 581 g/mol. The third kappa shape index (κ3) is 4.94. The van der Waals surface area contributed by atoms with Crippen LogP contribution in [0.3, 0.4) is 0 Å². The van der Waals surface area contributed by atoms with E-state index in [1.54, 1.807) is 0 Å². The summed E-state index contributed by atoms with van der Waals surface area (Å²) in [5.41, 5.74) is 10.6. The van der Waals surface area contributed by atoms with Crippen molar-refractivity contribution in [1.82, 2.24) is 4.98 Å². The molecule has 6 aromatic carbocycles. The molecule has 0 aliphatic heterocycles. The minimum atomic E-state index is 1.11. The number of hydrogen-bond acceptors (Lipinski definition) is 3. The molecular formula is C41H28N2S. The molecule has 0 radical (unpaired) electrons. The maximum absolute atomic E-state index is 4.33. The van der Waals surface area contributed by atoms with E-state index < -0.39 is 0 Å². The Morgan fingerprint density at radius 3 is 1.36 bits per heavy atom. The van der Waals surface area contributed by atoms with Crippen LogP contribution < -0.4 is 4.90 Å². The van der Waals surface area contributed by atoms with E-state index in [1.165, 1.54) is 53.6 Å². The summed E-state index contributed by atoms with van der Waals surface area (Å²) < 4.78 is 2.56. The standard InChI is InChI=1S/C41H28N2S/c1-3-7-29(8-4-1)31-11-18-35(19-12-31)43(36-20-13-32(14-21-36)30-9-5-2-6-10-30)37-22-15-33(16-23-37)34-17-24-38-39-28-42-26-25-40(39)44-41(38)27-34/h1-28H. The third-order valence-corrected chi connectivity index (χ3v) is 9.33. The van der Waals surface area contributed by atoms with Crippen molar-refractivity contribution in [2.45, 2.75) is 0 Å². The highest BCUT2D eigenvalue weighted by molar-refractivity contribution is 7.25. The Kier molecular flexibility index (Phi) is 6.71. The van der Waals surface area contributed by atoms with E-state index in [-0.39, 0.29) is 0 Å². The van der Waals surface area contributed by atoms with Gasteiger partial charge in [-0.1, -0.05) is 109 Å². The van der Waals surface area contributed by atoms with Crippen LogP contribution >= 0.6 is 11.3 Å². The predicted molar refractivity (Wildman–Crippen MR) is 188 cm³/mol. The quantitative estimate of drug-likeness (QED) is 0.194. The maximum atomic E-state index is 4.33. The number of benzene rings is 6. The van der Waals surface area contributed by atoms with Crippen LogP contribution in [-0.4, -0.2) is 4.98 Å². The van der Waals surface area contributed by atoms with Crippen LogP contribution in [0.4, 0.5) is 17.1 Å². The highest BCUT2D eigenvalue weighted by atomic mass is 32.1. The predicted octanol–water partition coefficient (Wildman–Crippen LogP) is 11.9. The minimum absolute atomic E-state index is 1.11. The van der Waals surface area contributed by atoms with Gasteiger partial charge >= 0.3 is 0 Å². The molecule has 0 fully saturated rings. The molecule has 0 spiro atoms. The highest BCUT2D eigenvalue weighted by Gasteiger charge is 2.14. The molecule has 208 valence electrons. The van der Waals surface area contributed by atoms with Crippen molar-refractivity contribution in [3.63, 3.8) is 0 Å². The van der Waals surface area contributed by atoms with Crippen LogP contribution in [0.25, 0.3) is 53.6 Å². The molecule has 0 bridgehead atoms. The van der Waals surface area contributed by atoms with E-state index in [0.29, 0.717) is 0 Å². The summed E-state index contributed by atoms with van der Waals surface area (Å²) in [5.74, 6) is 0. The Bertz CT molecular complexity index is 2100. The summed E-state index contributed by atoms with van der Waals surface area (Å²) in [6, 6.07) is 56.5. The SMILES string of the molecule is c1ccc(-c2ccc(N(c3ccc(-c4ccccc4)cc3)c3ccc(-c4ccc5c(c4)sc4ccncc45)cc3)cc2)cc1. The molecule has 44 heavy (non-hydrogen) atoms. The molecule has 0 saturated carbocycles. The van der Waals surface area contributed by atoms with Crippen molar-refractivity contribution in [2.75, 3.05) is 4.90 Å². The maximum Gasteiger partial charge on any atom is 0.0462 e. The average Bonchev–Trinajstić information content (AvgIpc) is 3.48. The lowest BCUT2D eigenvalue weighted by atomic mass is 10.0. The summed E-state index contributed by atoms with van der Waals surface area (Å²) in [6.45, 7) is 0. The molecule has 3 heteroatoms. The second-order valence-corrected chi connectivity index (χ2v) is 12.0. The molecule has 0 amide bonds. The Morgan fingerprint density at radius 1 is 0.386 bits per heavy atom. The fourth-order valence-electron chi connectivity index (χ4n) is 5.92. The molecule has 0 aliphatic carbocycles. The fraction of sp³-hybridized carbons (Fsp3) is 0. The summed E-state index contributed by atoms with van der Waals surface area (Å²) in [5, 5.41) is 2.49. The van der Waals surface area contributed by atoms with Crippen molar-refractivity contribution in [1.29, 1.82) is 0 Å². The van der Waals surface area contributed by atoms with Crippen LogP contribution in [0.15, 0.2) is 170 Å². The van der Waals surface area contributed by atoms with Gasteiger partial charge in [0.25, 0.3) is 0 Å². The van der Waals surface area contributed by atoms with Crippen LogP contribution in [0, 0.1) is 0 Å². The first-order valence-electron chi connectivity index (χ1n) is 14.8. The van der Waals surface area contributed by atoms with E-state index in [4.69, 9.17) is 0 Å². The number of rotatable bonds is 6. The van der Waals surface area contributed by atoms with Gasteiger partial charge in [-0.2, -0.15) is 0 Å². The van der Waals surface area contributed by atoms with Crippen LogP contribution in [0.1, 0.15) is 0 Å². The zero-order valence-corrected chi connectivity index (χ0v) is 24.8. The van der Waals surface area contributed by atoms with Gasteiger partial charge in [-0.15, -0.1) is 11.3 Å². The molecule has 8 rings (SSSR count). The van der Waals surface area contributed by atoms with E-state index in [9.17, 15) is 0 Å². The van der Waals surface area contributed by atoms with Crippen LogP contribution in [-0.2, 0) is 0 Å². The number of hydrogen-bond donors (Lipinski definition) is 0. The van der Waals surface area contributed by atoms with Gasteiger partial charge in [0.15, 0.2) is 0 Å². The molecule has 0 N–H and O–H groups in total. The molecular weight excluding hydrogens is 553 g/mol. The molecule has 0 saturated heterocycles. The van der Waals surface area contributed by atoms with Gasteiger partial charge < -0.3 is 4.90 Å². The fourth-order valence-corrected chi connectivity index (χ4v) is 7.03. The molecule has 2 nitrogen and oxygen atoms in total. The Hall–Kier alpha value is -5.51. The van der Waals surface area contributed by atoms with Gasteiger partial charge in [-0.25, -0.2) is 0 Å². The summed E-state index contributed by atoms with van der Waals surface area (Å²) >= 11 is 1.82. The van der Waals surface area contributed by atoms with E-state index in [1.807, 2.05) is 23.7 Å². The lowest BCUT2D eigenvalue weighted by Crippen LogP contribution is -2.09. The molecule has 0 atom stereocenters. The van der Waals surface area contributed by atoms with Crippen molar-refractivity contribution in [2.24, 2.45) is 0 Å². The zero-order chi connectivity index (χ0) is 29.3. The Balaban J connectivity index is 1.16. The number of anilines is 3. The van der Waals surface area contributed by atoms with Gasteiger partial charge in [0.05, 0.1) is 0 Å². The second-order valence-electron chi connectivity index (χ2n) is 10.9. The topological polar surface area (TPSA) is 16.1 Å². The first kappa shape index (κ1) is 26.1. The highest BCUT2D eigenvalue weighted by Crippen LogP contribution is 2.39. The number of aromatic nitrogens is 1. The van der Waals surface area contributed by atoms with E-state index >= 15 is 0 Å². The van der Waals surface area contributed by atoms with Gasteiger partial charge in [0.2, 0.25) is 0 Å². The second kappa shape index (κ2) is 11.3. The van der Waals surface area contributed by atoms with Gasteiger partial charge in [0.1, 0.15) is 0 Å². The number of nitrogens with zero attached hydrogens (tertiary/aromatic N) is 2. The van der Waals surface area contributed by atoms with Crippen molar-refractivity contribution >= 4 is 48.6 Å². The summed E-state index contributed by atoms with van der Waals surface area (Å²) in [6.07, 6.45) is 3.84. The monoisotopic (exact) mass is 580 g/mol. The van der Waals surface area contributed by atoms with Gasteiger partial charge in [0, 0.05) is 49.6 Å². The first-order valence-corrected chi connectivity index (χ1v) is 15.6. The molecule has 0 aliphatic rings. The number of thiophene rings is 1. The zero-order valence-electron chi connectivity index (χ0n) is 24.0. The minimum Gasteiger partial charge on any atom is -0.311 e. The molecule has 2 aromatic heterocycles. The number of pyridine rings is 1. The van der Waals surface area contributed by atoms with E-state index in [2.05, 4.69) is 168 Å². The van der Waals surface area contributed by atoms with E-state index in [0.717, 1.165) is 17.1 Å². The number of fused-ring (bicyclic) bond motifs is 3. The molecule has 8 aromatic rings. The van der Waals surface area contributed by atoms with Crippen molar-refractivity contribution < 1.29 is 0 Å². The molecule has 2 heterocycles. The summed E-state index contributed by atoms with van der Waals surface area (Å²) in [7, 11) is 0. The van der Waals surface area contributed by atoms with Gasteiger partial charge in [-0.3, -0.25) is 4.98 Å².